The number of anilines is 3. The fourth-order valence-corrected chi connectivity index (χ4v) is 16.1. The average molecular weight is 836 g/mol. The van der Waals surface area contributed by atoms with E-state index < -0.39 is 31.8 Å². The van der Waals surface area contributed by atoms with E-state index in [4.69, 9.17) is 0 Å². The summed E-state index contributed by atoms with van der Waals surface area (Å²) in [6, 6.07) is 57.4. The van der Waals surface area contributed by atoms with E-state index in [0.717, 1.165) is 72.0 Å². The van der Waals surface area contributed by atoms with Crippen molar-refractivity contribution in [2.75, 3.05) is 4.90 Å². The molecule has 0 atom stereocenters. The van der Waals surface area contributed by atoms with E-state index >= 15 is 0 Å². The molecule has 294 valence electrons. The lowest BCUT2D eigenvalue weighted by Gasteiger charge is -2.47. The number of sulfone groups is 2. The maximum absolute atomic E-state index is 14.9. The Hall–Kier alpha value is -6.74. The molecule has 0 bridgehead atoms. The van der Waals surface area contributed by atoms with Crippen molar-refractivity contribution < 1.29 is 16.8 Å². The summed E-state index contributed by atoms with van der Waals surface area (Å²) in [5, 5.41) is 4.36. The highest BCUT2D eigenvalue weighted by Gasteiger charge is 2.59. The van der Waals surface area contributed by atoms with E-state index in [1.165, 1.54) is 11.1 Å². The first-order valence-corrected chi connectivity index (χ1v) is 24.0. The standard InChI is InChI=1S/C54H34BNO4S2/c1-53(2)36-12-3-5-17-41(36)56(42-18-6-4-13-37(42)53)34-28-25-31(26-29-34)35-30-27-33-24-23-32-11-7-14-38-47(32)48(33)49(35)54(38)39-15-8-19-43-50(39)55-51-40(54)16-9-20-44(51)62(59,60)46-22-10-21-45(52(46)55)61(43,57)58/h3-30H,1-2H3. The van der Waals surface area contributed by atoms with Gasteiger partial charge >= 0.3 is 0 Å². The number of benzene rings is 9. The molecule has 5 aliphatic rings. The monoisotopic (exact) mass is 835 g/mol. The van der Waals surface area contributed by atoms with Gasteiger partial charge in [-0.2, -0.15) is 0 Å². The maximum atomic E-state index is 14.9. The number of hydrogen-bond donors (Lipinski definition) is 0. The first-order chi connectivity index (χ1) is 30.1. The van der Waals surface area contributed by atoms with Gasteiger partial charge in [0.1, 0.15) is 0 Å². The number of fused-ring (bicyclic) bond motifs is 6. The van der Waals surface area contributed by atoms with Crippen molar-refractivity contribution in [3.8, 4) is 11.1 Å². The minimum atomic E-state index is -4.09. The molecule has 9 aromatic rings. The van der Waals surface area contributed by atoms with Crippen LogP contribution in [0.1, 0.15) is 47.2 Å². The Balaban J connectivity index is 1.08. The molecule has 5 nitrogen and oxygen atoms in total. The second-order valence-electron chi connectivity index (χ2n) is 17.9. The number of hydrogen-bond acceptors (Lipinski definition) is 5. The third-order valence-electron chi connectivity index (χ3n) is 14.9. The van der Waals surface area contributed by atoms with Crippen LogP contribution in [0.15, 0.2) is 189 Å². The van der Waals surface area contributed by atoms with E-state index in [9.17, 15) is 16.8 Å². The predicted molar refractivity (Wildman–Crippen MR) is 248 cm³/mol. The Morgan fingerprint density at radius 2 is 0.903 bits per heavy atom. The lowest BCUT2D eigenvalue weighted by molar-refractivity contribution is 0.594. The number of nitrogens with zero attached hydrogens (tertiary/aromatic N) is 1. The second-order valence-corrected chi connectivity index (χ2v) is 21.7. The third kappa shape index (κ3) is 3.82. The summed E-state index contributed by atoms with van der Waals surface area (Å²) < 4.78 is 59.5. The molecule has 4 heterocycles. The zero-order valence-corrected chi connectivity index (χ0v) is 35.3. The Labute approximate surface area is 359 Å². The van der Waals surface area contributed by atoms with Gasteiger partial charge in [-0.15, -0.1) is 0 Å². The van der Waals surface area contributed by atoms with Gasteiger partial charge in [-0.3, -0.25) is 0 Å². The fourth-order valence-electron chi connectivity index (χ4n) is 12.5. The van der Waals surface area contributed by atoms with Crippen LogP contribution in [0.3, 0.4) is 0 Å². The molecular weight excluding hydrogens is 802 g/mol. The van der Waals surface area contributed by atoms with Crippen LogP contribution in [0.4, 0.5) is 17.1 Å². The third-order valence-corrected chi connectivity index (χ3v) is 18.6. The van der Waals surface area contributed by atoms with Crippen molar-refractivity contribution in [1.29, 1.82) is 0 Å². The summed E-state index contributed by atoms with van der Waals surface area (Å²) >= 11 is 0. The molecule has 4 aliphatic heterocycles. The van der Waals surface area contributed by atoms with Gasteiger partial charge in [-0.05, 0) is 131 Å². The molecule has 1 aliphatic carbocycles. The van der Waals surface area contributed by atoms with E-state index in [-0.39, 0.29) is 25.0 Å². The van der Waals surface area contributed by atoms with E-state index in [1.54, 1.807) is 30.3 Å². The Kier molecular flexibility index (Phi) is 6.31. The van der Waals surface area contributed by atoms with Gasteiger partial charge in [-0.25, -0.2) is 16.8 Å². The highest BCUT2D eigenvalue weighted by Crippen LogP contribution is 2.60. The maximum Gasteiger partial charge on any atom is 0.248 e. The fraction of sp³-hybridized carbons (Fsp3) is 0.0741. The van der Waals surface area contributed by atoms with E-state index in [1.807, 2.05) is 12.1 Å². The van der Waals surface area contributed by atoms with Crippen LogP contribution in [0.25, 0.3) is 32.7 Å². The van der Waals surface area contributed by atoms with Crippen molar-refractivity contribution in [3.63, 3.8) is 0 Å². The summed E-state index contributed by atoms with van der Waals surface area (Å²) in [7, 11) is -8.19. The lowest BCUT2D eigenvalue weighted by atomic mass is 9.30. The van der Waals surface area contributed by atoms with E-state index in [0.29, 0.717) is 16.4 Å². The molecule has 0 saturated carbocycles. The molecule has 0 unspecified atom stereocenters. The molecule has 0 saturated heterocycles. The van der Waals surface area contributed by atoms with Gasteiger partial charge in [0.2, 0.25) is 26.4 Å². The van der Waals surface area contributed by atoms with Crippen LogP contribution in [0.2, 0.25) is 0 Å². The smallest absolute Gasteiger partial charge is 0.248 e. The van der Waals surface area contributed by atoms with Crippen LogP contribution >= 0.6 is 0 Å². The molecule has 62 heavy (non-hydrogen) atoms. The molecule has 0 aromatic heterocycles. The van der Waals surface area contributed by atoms with Crippen LogP contribution in [0.5, 0.6) is 0 Å². The first-order valence-electron chi connectivity index (χ1n) is 21.0. The zero-order valence-electron chi connectivity index (χ0n) is 33.6. The highest BCUT2D eigenvalue weighted by atomic mass is 32.2. The van der Waals surface area contributed by atoms with Crippen LogP contribution in [-0.4, -0.2) is 23.5 Å². The van der Waals surface area contributed by atoms with Gasteiger partial charge in [0.05, 0.1) is 36.4 Å². The van der Waals surface area contributed by atoms with Crippen molar-refractivity contribution in [2.45, 2.75) is 44.3 Å². The minimum Gasteiger partial charge on any atom is -0.310 e. The SMILES string of the molecule is CC1(C)c2ccccc2N(c2ccc(-c3ccc4ccc5cccc6c5c4c3C63c4cccc5c4B4c6c3cccc6S(=O)(=O)c3cccc(c34)S5(=O)=O)cc2)c2ccccc21. The van der Waals surface area contributed by atoms with E-state index in [2.05, 4.69) is 146 Å². The van der Waals surface area contributed by atoms with Crippen LogP contribution in [0, 0.1) is 0 Å². The summed E-state index contributed by atoms with van der Waals surface area (Å²) in [4.78, 5) is 3.00. The molecule has 9 aromatic carbocycles. The molecule has 0 radical (unpaired) electrons. The number of rotatable bonds is 2. The Bertz CT molecular complexity index is 3680. The van der Waals surface area contributed by atoms with Crippen molar-refractivity contribution >= 4 is 81.4 Å². The second kappa shape index (κ2) is 11.2. The molecule has 1 spiro atoms. The summed E-state index contributed by atoms with van der Waals surface area (Å²) in [6.45, 7) is 4.02. The zero-order chi connectivity index (χ0) is 41.7. The van der Waals surface area contributed by atoms with Gasteiger partial charge in [0.15, 0.2) is 0 Å². The summed E-state index contributed by atoms with van der Waals surface area (Å²) in [5.74, 6) is 0. The van der Waals surface area contributed by atoms with Crippen LogP contribution in [-0.2, 0) is 30.5 Å². The molecule has 0 N–H and O–H groups in total. The van der Waals surface area contributed by atoms with Gasteiger partial charge in [0, 0.05) is 11.1 Å². The van der Waals surface area contributed by atoms with Gasteiger partial charge in [-0.1, -0.05) is 135 Å². The molecule has 14 rings (SSSR count). The Morgan fingerprint density at radius 3 is 1.50 bits per heavy atom. The highest BCUT2D eigenvalue weighted by molar-refractivity contribution is 7.93. The molecular formula is C54H34BNO4S2. The van der Waals surface area contributed by atoms with Gasteiger partial charge < -0.3 is 4.90 Å². The average Bonchev–Trinajstić information content (AvgIpc) is 3.60. The normalized spacial score (nSPS) is 17.6. The predicted octanol–water partition coefficient (Wildman–Crippen LogP) is 9.59. The van der Waals surface area contributed by atoms with Crippen molar-refractivity contribution in [2.24, 2.45) is 0 Å². The minimum absolute atomic E-state index is 0.0758. The van der Waals surface area contributed by atoms with Crippen molar-refractivity contribution in [3.05, 3.63) is 203 Å². The molecule has 8 heteroatoms. The lowest BCUT2D eigenvalue weighted by Crippen LogP contribution is -2.68. The molecule has 0 fully saturated rings. The number of para-hydroxylation sites is 2. The van der Waals surface area contributed by atoms with Crippen molar-refractivity contribution in [1.82, 2.24) is 0 Å². The summed E-state index contributed by atoms with van der Waals surface area (Å²) in [6.07, 6.45) is 0. The molecule has 0 amide bonds. The topological polar surface area (TPSA) is 71.5 Å². The van der Waals surface area contributed by atoms with Gasteiger partial charge in [0.25, 0.3) is 0 Å². The quantitative estimate of drug-likeness (QED) is 0.128. The Morgan fingerprint density at radius 1 is 0.435 bits per heavy atom. The summed E-state index contributed by atoms with van der Waals surface area (Å²) in [5.41, 5.74) is 12.2. The van der Waals surface area contributed by atoms with Crippen LogP contribution < -0.4 is 21.3 Å². The largest absolute Gasteiger partial charge is 0.310 e. The first kappa shape index (κ1) is 34.9.